The first-order chi connectivity index (χ1) is 29.1. The topological polar surface area (TPSA) is 177 Å². The van der Waals surface area contributed by atoms with Gasteiger partial charge in [-0.1, -0.05) is 19.1 Å². The summed E-state index contributed by atoms with van der Waals surface area (Å²) in [6.45, 7) is 6.93. The third-order valence-corrected chi connectivity index (χ3v) is 15.2. The fourth-order valence-corrected chi connectivity index (χ4v) is 10.0. The van der Waals surface area contributed by atoms with Gasteiger partial charge >= 0.3 is 12.1 Å². The number of Topliss-reactive ketones (excluding diaryl/α,β-unsaturated/α-hetero) is 1. The first-order valence-electron chi connectivity index (χ1n) is 21.2. The summed E-state index contributed by atoms with van der Waals surface area (Å²) in [4.78, 5) is 63.3. The highest BCUT2D eigenvalue weighted by molar-refractivity contribution is 7.91. The second-order valence-electron chi connectivity index (χ2n) is 18.1. The van der Waals surface area contributed by atoms with Crippen molar-refractivity contribution in [2.75, 3.05) is 34.0 Å². The van der Waals surface area contributed by atoms with Crippen molar-refractivity contribution in [3.63, 3.8) is 0 Å². The molecule has 0 spiro atoms. The van der Waals surface area contributed by atoms with Crippen LogP contribution in [0.25, 0.3) is 10.8 Å². The van der Waals surface area contributed by atoms with Gasteiger partial charge in [0, 0.05) is 37.3 Å². The zero-order valence-electron chi connectivity index (χ0n) is 36.3. The lowest BCUT2D eigenvalue weighted by Gasteiger charge is -2.34. The van der Waals surface area contributed by atoms with Crippen LogP contribution in [0, 0.1) is 29.1 Å². The average Bonchev–Trinajstić information content (AvgIpc) is 4.08. The number of ketones is 1. The van der Waals surface area contributed by atoms with E-state index in [4.69, 9.17) is 23.7 Å². The number of nitrogens with one attached hydrogen (secondary N) is 1. The molecule has 1 saturated heterocycles. The highest BCUT2D eigenvalue weighted by Crippen LogP contribution is 2.58. The number of amides is 2. The summed E-state index contributed by atoms with van der Waals surface area (Å²) in [6.07, 6.45) is 0.743. The summed E-state index contributed by atoms with van der Waals surface area (Å²) in [5.41, 5.74) is -4.27. The third kappa shape index (κ3) is 9.85. The molecule has 14 nitrogen and oxygen atoms in total. The number of hydrogen-bond acceptors (Lipinski definition) is 12. The minimum Gasteiger partial charge on any atom is -0.497 e. The van der Waals surface area contributed by atoms with E-state index in [9.17, 15) is 36.0 Å². The Balaban J connectivity index is 1.39. The van der Waals surface area contributed by atoms with Crippen molar-refractivity contribution in [1.29, 1.82) is 0 Å². The van der Waals surface area contributed by atoms with Gasteiger partial charge in [-0.25, -0.2) is 13.4 Å². The summed E-state index contributed by atoms with van der Waals surface area (Å²) in [5.74, 6) is -4.57. The van der Waals surface area contributed by atoms with Crippen LogP contribution >= 0.6 is 0 Å². The van der Waals surface area contributed by atoms with Gasteiger partial charge < -0.3 is 28.6 Å². The average molecular weight is 894 g/mol. The molecule has 0 radical (unpaired) electrons. The smallest absolute Gasteiger partial charge is 0.427 e. The van der Waals surface area contributed by atoms with E-state index in [1.807, 2.05) is 26.0 Å². The molecule has 0 unspecified atom stereocenters. The van der Waals surface area contributed by atoms with Crippen molar-refractivity contribution in [3.8, 4) is 17.4 Å². The molecule has 7 atom stereocenters. The maximum absolute atomic E-state index is 15.1. The number of hydrogen-bond donors (Lipinski definition) is 1. The maximum atomic E-state index is 15.1. The molecule has 342 valence electrons. The Kier molecular flexibility index (Phi) is 13.6. The summed E-state index contributed by atoms with van der Waals surface area (Å²) in [7, 11) is -1.11. The maximum Gasteiger partial charge on any atom is 0.427 e. The van der Waals surface area contributed by atoms with Crippen LogP contribution in [0.2, 0.25) is 0 Å². The lowest BCUT2D eigenvalue weighted by atomic mass is 9.81. The normalized spacial score (nSPS) is 28.5. The van der Waals surface area contributed by atoms with E-state index in [1.54, 1.807) is 25.1 Å². The van der Waals surface area contributed by atoms with Gasteiger partial charge in [0.2, 0.25) is 33.3 Å². The molecule has 2 aliphatic heterocycles. The predicted octanol–water partition coefficient (Wildman–Crippen LogP) is 6.48. The van der Waals surface area contributed by atoms with E-state index in [0.717, 1.165) is 13.8 Å². The van der Waals surface area contributed by atoms with Crippen molar-refractivity contribution < 1.29 is 64.5 Å². The first kappa shape index (κ1) is 47.0. The van der Waals surface area contributed by atoms with Gasteiger partial charge in [0.05, 0.1) is 55.0 Å². The molecule has 1 N–H and O–H groups in total. The molecular formula is C44H58F3N3O11S. The Morgan fingerprint density at radius 2 is 1.81 bits per heavy atom. The van der Waals surface area contributed by atoms with Crippen molar-refractivity contribution in [2.45, 2.75) is 121 Å². The number of benzene rings is 1. The van der Waals surface area contributed by atoms with E-state index in [1.165, 1.54) is 25.3 Å². The number of carbonyl (C=O) groups is 4. The molecule has 2 aromatic rings. The van der Waals surface area contributed by atoms with E-state index in [2.05, 4.69) is 9.71 Å². The van der Waals surface area contributed by atoms with Gasteiger partial charge in [0.15, 0.2) is 5.78 Å². The van der Waals surface area contributed by atoms with Crippen LogP contribution in [0.1, 0.15) is 92.4 Å². The molecule has 1 aromatic heterocycles. The number of aromatic nitrogens is 1. The predicted molar refractivity (Wildman–Crippen MR) is 221 cm³/mol. The number of esters is 1. The minimum atomic E-state index is -4.90. The van der Waals surface area contributed by atoms with Crippen LogP contribution in [-0.4, -0.2) is 105 Å². The molecule has 2 amide bonds. The number of allylic oxidation sites excluding steroid dienone is 2. The van der Waals surface area contributed by atoms with Crippen molar-refractivity contribution in [3.05, 3.63) is 36.5 Å². The van der Waals surface area contributed by atoms with Gasteiger partial charge in [-0.2, -0.15) is 13.2 Å². The second-order valence-corrected chi connectivity index (χ2v) is 20.3. The fourth-order valence-electron chi connectivity index (χ4n) is 8.67. The van der Waals surface area contributed by atoms with Crippen LogP contribution in [0.15, 0.2) is 36.5 Å². The zero-order valence-corrected chi connectivity index (χ0v) is 37.2. The Morgan fingerprint density at radius 1 is 1.08 bits per heavy atom. The lowest BCUT2D eigenvalue weighted by molar-refractivity contribution is -0.257. The molecule has 1 aromatic carbocycles. The molecule has 4 aliphatic rings. The molecule has 6 rings (SSSR count). The Morgan fingerprint density at radius 3 is 2.45 bits per heavy atom. The minimum absolute atomic E-state index is 0.0246. The highest BCUT2D eigenvalue weighted by atomic mass is 32.2. The fraction of sp³-hybridized carbons (Fsp3) is 0.659. The summed E-state index contributed by atoms with van der Waals surface area (Å²) < 4.78 is 97.8. The lowest BCUT2D eigenvalue weighted by Crippen LogP contribution is -2.49. The molecule has 0 bridgehead atoms. The van der Waals surface area contributed by atoms with Crippen LogP contribution in [0.5, 0.6) is 17.4 Å². The van der Waals surface area contributed by atoms with Crippen LogP contribution in [-0.2, 0) is 38.7 Å². The Bertz CT molecular complexity index is 2180. The van der Waals surface area contributed by atoms with Crippen LogP contribution < -0.4 is 18.9 Å². The molecule has 2 saturated carbocycles. The largest absolute Gasteiger partial charge is 0.497 e. The number of halogens is 3. The van der Waals surface area contributed by atoms with Crippen molar-refractivity contribution in [2.24, 2.45) is 29.1 Å². The molecule has 3 heterocycles. The van der Waals surface area contributed by atoms with Gasteiger partial charge in [-0.15, -0.1) is 0 Å². The number of methoxy groups -OCH3 is 2. The van der Waals surface area contributed by atoms with E-state index in [0.29, 0.717) is 61.0 Å². The highest BCUT2D eigenvalue weighted by Gasteiger charge is 2.63. The summed E-state index contributed by atoms with van der Waals surface area (Å²) in [5, 5.41) is 1.18. The number of rotatable bonds is 13. The monoisotopic (exact) mass is 893 g/mol. The van der Waals surface area contributed by atoms with Crippen LogP contribution in [0.4, 0.5) is 13.2 Å². The van der Waals surface area contributed by atoms with Gasteiger partial charge in [-0.05, 0) is 102 Å². The molecule has 3 fully saturated rings. The SMILES string of the molecule is CCOc1cnc(O[C@@H]2C[C@H]3C(=O)C[C@]4(C(=O)NS(=O)(=O)C5(C)CC5)C[C@H]4/C=C\CC[C@@H](C)C[C@@H](COC)[C@H](CC(=O)OC(C)(C)C(F)(F)F)C(=O)N3C2)c2ccc(OC)cc12. The first-order valence-corrected chi connectivity index (χ1v) is 22.7. The van der Waals surface area contributed by atoms with Gasteiger partial charge in [0.25, 0.3) is 0 Å². The molecule has 2 aliphatic carbocycles. The molecule has 62 heavy (non-hydrogen) atoms. The Hall–Kier alpha value is -4.45. The standard InChI is InChI=1S/C44H58F3N3O11S/c1-8-59-36-23-48-38(31-14-13-29(58-7)18-33(31)36)60-30-19-34-35(51)22-43(40(54)49-62(55,56)42(5)15-16-42)21-28(43)12-10-9-11-26(2)17-27(25-57-6)32(39(53)50(34)24-30)20-37(52)61-41(3,4)44(45,46)47/h10,12-14,18,23,26-28,30,32,34H,8-9,11,15-17,19-22,24-25H2,1-7H3,(H,49,54)/b12-10-/t26-,27+,28-,30-,32+,34+,43-/m1/s1. The number of fused-ring (bicyclic) bond motifs is 3. The van der Waals surface area contributed by atoms with Crippen LogP contribution in [0.3, 0.4) is 0 Å². The quantitative estimate of drug-likeness (QED) is 0.171. The van der Waals surface area contributed by atoms with Gasteiger partial charge in [0.1, 0.15) is 17.6 Å². The van der Waals surface area contributed by atoms with E-state index < -0.39 is 98.3 Å². The molecular weight excluding hydrogens is 836 g/mol. The van der Waals surface area contributed by atoms with E-state index in [-0.39, 0.29) is 37.8 Å². The van der Waals surface area contributed by atoms with Crippen molar-refractivity contribution >= 4 is 44.4 Å². The second kappa shape index (κ2) is 18.0. The number of alkyl halides is 3. The van der Waals surface area contributed by atoms with Crippen molar-refractivity contribution in [1.82, 2.24) is 14.6 Å². The molecule has 18 heteroatoms. The number of ether oxygens (including phenoxy) is 5. The number of nitrogens with zero attached hydrogens (tertiary/aromatic N) is 2. The zero-order chi connectivity index (χ0) is 45.4. The van der Waals surface area contributed by atoms with Gasteiger partial charge in [-0.3, -0.25) is 23.9 Å². The number of sulfonamides is 1. The number of carbonyl (C=O) groups excluding carboxylic acids is 4. The Labute approximate surface area is 360 Å². The summed E-state index contributed by atoms with van der Waals surface area (Å²) in [6, 6.07) is 3.98. The third-order valence-electron chi connectivity index (χ3n) is 13.0. The number of pyridine rings is 1. The van der Waals surface area contributed by atoms with E-state index >= 15 is 4.79 Å². The summed E-state index contributed by atoms with van der Waals surface area (Å²) >= 11 is 0.